The first-order valence-corrected chi connectivity index (χ1v) is 10.3. The molecule has 0 radical (unpaired) electrons. The average molecular weight is 441 g/mol. The van der Waals surface area contributed by atoms with Gasteiger partial charge in [-0.15, -0.1) is 0 Å². The maximum absolute atomic E-state index is 12.6. The van der Waals surface area contributed by atoms with Crippen LogP contribution >= 0.6 is 15.9 Å². The number of nitrogens with one attached hydrogen (secondary N) is 2. The smallest absolute Gasteiger partial charge is 0.251 e. The molecule has 1 atom stereocenters. The van der Waals surface area contributed by atoms with Gasteiger partial charge in [0, 0.05) is 16.6 Å². The molecule has 26 heavy (non-hydrogen) atoms. The second kappa shape index (κ2) is 8.66. The number of sulfonamides is 1. The summed E-state index contributed by atoms with van der Waals surface area (Å²) in [6.45, 7) is 3.78. The lowest BCUT2D eigenvalue weighted by Crippen LogP contribution is -2.28. The number of amides is 1. The van der Waals surface area contributed by atoms with E-state index in [0.29, 0.717) is 0 Å². The molecule has 2 N–H and O–H groups in total. The fraction of sp³-hybridized carbons (Fsp3) is 0.278. The summed E-state index contributed by atoms with van der Waals surface area (Å²) in [6.07, 6.45) is 0. The van der Waals surface area contributed by atoms with Gasteiger partial charge in [-0.2, -0.15) is 0 Å². The van der Waals surface area contributed by atoms with Gasteiger partial charge < -0.3 is 10.1 Å². The molecule has 0 saturated carbocycles. The van der Waals surface area contributed by atoms with Gasteiger partial charge in [-0.3, -0.25) is 4.79 Å². The summed E-state index contributed by atoms with van der Waals surface area (Å²) in [6, 6.07) is 11.7. The van der Waals surface area contributed by atoms with E-state index < -0.39 is 10.0 Å². The first kappa shape index (κ1) is 20.4. The number of methoxy groups -OCH3 is 1. The number of halogens is 1. The summed E-state index contributed by atoms with van der Waals surface area (Å²) in [5.74, 6) is -0.181. The van der Waals surface area contributed by atoms with Crippen LogP contribution in [0.5, 0.6) is 5.75 Å². The van der Waals surface area contributed by atoms with E-state index in [2.05, 4.69) is 26.0 Å². The second-order valence-electron chi connectivity index (χ2n) is 5.61. The third-order valence-electron chi connectivity index (χ3n) is 3.77. The van der Waals surface area contributed by atoms with E-state index in [9.17, 15) is 13.2 Å². The van der Waals surface area contributed by atoms with E-state index in [1.54, 1.807) is 6.92 Å². The van der Waals surface area contributed by atoms with Gasteiger partial charge >= 0.3 is 0 Å². The molecule has 0 spiro atoms. The summed E-state index contributed by atoms with van der Waals surface area (Å²) >= 11 is 3.37. The molecular formula is C18H21BrN2O4S. The Labute approximate surface area is 162 Å². The molecule has 2 aromatic rings. The summed E-state index contributed by atoms with van der Waals surface area (Å²) < 4.78 is 33.1. The Morgan fingerprint density at radius 3 is 2.42 bits per heavy atom. The van der Waals surface area contributed by atoms with Crippen molar-refractivity contribution in [2.45, 2.75) is 24.8 Å². The lowest BCUT2D eigenvalue weighted by atomic mass is 10.1. The fourth-order valence-corrected chi connectivity index (χ4v) is 3.91. The van der Waals surface area contributed by atoms with Gasteiger partial charge in [0.2, 0.25) is 10.0 Å². The van der Waals surface area contributed by atoms with E-state index in [1.165, 1.54) is 25.3 Å². The molecular weight excluding hydrogens is 420 g/mol. The molecule has 2 aromatic carbocycles. The number of benzene rings is 2. The van der Waals surface area contributed by atoms with Crippen LogP contribution in [-0.2, 0) is 10.0 Å². The highest BCUT2D eigenvalue weighted by atomic mass is 79.9. The van der Waals surface area contributed by atoms with Gasteiger partial charge in [-0.05, 0) is 42.8 Å². The predicted molar refractivity (Wildman–Crippen MR) is 104 cm³/mol. The van der Waals surface area contributed by atoms with Crippen molar-refractivity contribution in [3.05, 3.63) is 58.1 Å². The fourth-order valence-electron chi connectivity index (χ4n) is 2.41. The molecule has 6 nitrogen and oxygen atoms in total. The molecule has 8 heteroatoms. The molecule has 0 saturated heterocycles. The average Bonchev–Trinajstić information content (AvgIpc) is 2.61. The van der Waals surface area contributed by atoms with Crippen LogP contribution in [0.15, 0.2) is 51.8 Å². The van der Waals surface area contributed by atoms with Gasteiger partial charge in [0.15, 0.2) is 0 Å². The van der Waals surface area contributed by atoms with E-state index >= 15 is 0 Å². The van der Waals surface area contributed by atoms with Crippen molar-refractivity contribution in [1.82, 2.24) is 10.0 Å². The number of carbonyl (C=O) groups is 1. The van der Waals surface area contributed by atoms with Gasteiger partial charge in [-0.1, -0.05) is 35.0 Å². The van der Waals surface area contributed by atoms with Crippen molar-refractivity contribution in [1.29, 1.82) is 0 Å². The second-order valence-corrected chi connectivity index (χ2v) is 8.26. The highest BCUT2D eigenvalue weighted by molar-refractivity contribution is 9.10. The molecule has 2 rings (SSSR count). The molecule has 0 fully saturated rings. The third kappa shape index (κ3) is 4.84. The Hall–Kier alpha value is -1.90. The van der Waals surface area contributed by atoms with Crippen molar-refractivity contribution >= 4 is 31.9 Å². The lowest BCUT2D eigenvalue weighted by molar-refractivity contribution is 0.0939. The Bertz CT molecular complexity index is 883. The van der Waals surface area contributed by atoms with Crippen LogP contribution in [-0.4, -0.2) is 28.0 Å². The van der Waals surface area contributed by atoms with Crippen molar-refractivity contribution in [2.75, 3.05) is 13.7 Å². The van der Waals surface area contributed by atoms with Gasteiger partial charge in [0.25, 0.3) is 5.91 Å². The maximum atomic E-state index is 12.6. The summed E-state index contributed by atoms with van der Waals surface area (Å²) in [7, 11) is -2.37. The molecule has 0 bridgehead atoms. The predicted octanol–water partition coefficient (Wildman–Crippen LogP) is 3.25. The van der Waals surface area contributed by atoms with Crippen LogP contribution in [0.3, 0.4) is 0 Å². The summed E-state index contributed by atoms with van der Waals surface area (Å²) in [4.78, 5) is 12.5. The van der Waals surface area contributed by atoms with Crippen molar-refractivity contribution in [3.63, 3.8) is 0 Å². The van der Waals surface area contributed by atoms with Crippen LogP contribution in [0.1, 0.15) is 35.8 Å². The number of hydrogen-bond acceptors (Lipinski definition) is 4. The zero-order valence-corrected chi connectivity index (χ0v) is 17.1. The van der Waals surface area contributed by atoms with Crippen LogP contribution < -0.4 is 14.8 Å². The minimum Gasteiger partial charge on any atom is -0.495 e. The zero-order valence-electron chi connectivity index (χ0n) is 14.7. The van der Waals surface area contributed by atoms with E-state index in [1.807, 2.05) is 31.2 Å². The zero-order chi connectivity index (χ0) is 19.3. The largest absolute Gasteiger partial charge is 0.495 e. The first-order chi connectivity index (χ1) is 12.3. The molecule has 1 amide bonds. The Morgan fingerprint density at radius 1 is 1.19 bits per heavy atom. The topological polar surface area (TPSA) is 84.5 Å². The summed E-state index contributed by atoms with van der Waals surface area (Å²) in [5, 5.41) is 2.87. The molecule has 0 aliphatic rings. The molecule has 140 valence electrons. The standard InChI is InChI=1S/C18H21BrN2O4S/c1-4-20-26(23,24)17-11-14(7-10-16(17)25-3)18(22)21-12(2)13-5-8-15(19)9-6-13/h5-12,20H,4H2,1-3H3,(H,21,22)/t12-/m0/s1. The highest BCUT2D eigenvalue weighted by Crippen LogP contribution is 2.25. The minimum atomic E-state index is -3.75. The number of carbonyl (C=O) groups excluding carboxylic acids is 1. The van der Waals surface area contributed by atoms with E-state index in [0.717, 1.165) is 10.0 Å². The van der Waals surface area contributed by atoms with Crippen molar-refractivity contribution in [3.8, 4) is 5.75 Å². The van der Waals surface area contributed by atoms with Crippen molar-refractivity contribution < 1.29 is 17.9 Å². The molecule has 0 unspecified atom stereocenters. The van der Waals surface area contributed by atoms with Crippen LogP contribution in [0.25, 0.3) is 0 Å². The summed E-state index contributed by atoms with van der Waals surface area (Å²) in [5.41, 5.74) is 1.18. The van der Waals surface area contributed by atoms with Crippen LogP contribution in [0, 0.1) is 0 Å². The molecule has 0 aliphatic carbocycles. The third-order valence-corrected chi connectivity index (χ3v) is 5.86. The molecule has 0 aliphatic heterocycles. The highest BCUT2D eigenvalue weighted by Gasteiger charge is 2.21. The van der Waals surface area contributed by atoms with E-state index in [-0.39, 0.29) is 34.7 Å². The van der Waals surface area contributed by atoms with Gasteiger partial charge in [0.1, 0.15) is 10.6 Å². The van der Waals surface area contributed by atoms with Crippen LogP contribution in [0.4, 0.5) is 0 Å². The number of hydrogen-bond donors (Lipinski definition) is 2. The van der Waals surface area contributed by atoms with Gasteiger partial charge in [0.05, 0.1) is 13.2 Å². The Balaban J connectivity index is 2.27. The van der Waals surface area contributed by atoms with Crippen molar-refractivity contribution in [2.24, 2.45) is 0 Å². The normalized spacial score (nSPS) is 12.5. The Morgan fingerprint density at radius 2 is 1.85 bits per heavy atom. The molecule has 0 heterocycles. The van der Waals surface area contributed by atoms with E-state index in [4.69, 9.17) is 4.74 Å². The lowest BCUT2D eigenvalue weighted by Gasteiger charge is -2.16. The molecule has 0 aromatic heterocycles. The Kier molecular flexibility index (Phi) is 6.80. The monoisotopic (exact) mass is 440 g/mol. The first-order valence-electron chi connectivity index (χ1n) is 8.02. The quantitative estimate of drug-likeness (QED) is 0.691. The maximum Gasteiger partial charge on any atom is 0.251 e. The number of ether oxygens (including phenoxy) is 1. The minimum absolute atomic E-state index is 0.0641. The SMILES string of the molecule is CCNS(=O)(=O)c1cc(C(=O)N[C@@H](C)c2ccc(Br)cc2)ccc1OC. The van der Waals surface area contributed by atoms with Gasteiger partial charge in [-0.25, -0.2) is 13.1 Å². The van der Waals surface area contributed by atoms with Crippen LogP contribution in [0.2, 0.25) is 0 Å². The number of rotatable bonds is 7.